The summed E-state index contributed by atoms with van der Waals surface area (Å²) in [4.78, 5) is 10.5. The summed E-state index contributed by atoms with van der Waals surface area (Å²) < 4.78 is 1.51. The van der Waals surface area contributed by atoms with Crippen LogP contribution >= 0.6 is 0 Å². The zero-order valence-corrected chi connectivity index (χ0v) is 9.58. The summed E-state index contributed by atoms with van der Waals surface area (Å²) in [5.41, 5.74) is 7.32. The number of anilines is 1. The molecule has 0 saturated carbocycles. The molecule has 1 aromatic heterocycles. The van der Waals surface area contributed by atoms with Gasteiger partial charge in [0.2, 0.25) is 0 Å². The van der Waals surface area contributed by atoms with E-state index in [-0.39, 0.29) is 12.2 Å². The zero-order valence-electron chi connectivity index (χ0n) is 9.58. The van der Waals surface area contributed by atoms with Gasteiger partial charge in [-0.2, -0.15) is 5.10 Å². The average molecular weight is 247 g/mol. The molecule has 1 aromatic carbocycles. The summed E-state index contributed by atoms with van der Waals surface area (Å²) in [7, 11) is 0. The number of aryl methyl sites for hydroxylation is 1. The van der Waals surface area contributed by atoms with E-state index in [9.17, 15) is 9.90 Å². The zero-order chi connectivity index (χ0) is 13.1. The number of carboxylic acids is 1. The quantitative estimate of drug-likeness (QED) is 0.753. The molecule has 0 atom stereocenters. The Morgan fingerprint density at radius 1 is 1.33 bits per heavy atom. The number of aromatic nitrogens is 2. The lowest BCUT2D eigenvalue weighted by Gasteiger charge is -2.05. The second-order valence-electron chi connectivity index (χ2n) is 3.88. The molecule has 0 spiro atoms. The van der Waals surface area contributed by atoms with Crippen LogP contribution in [0.4, 0.5) is 5.82 Å². The second-order valence-corrected chi connectivity index (χ2v) is 3.88. The third kappa shape index (κ3) is 2.42. The molecule has 0 unspecified atom stereocenters. The Bertz CT molecular complexity index is 560. The van der Waals surface area contributed by atoms with E-state index in [0.717, 1.165) is 0 Å². The van der Waals surface area contributed by atoms with Crippen LogP contribution in [0.1, 0.15) is 12.0 Å². The van der Waals surface area contributed by atoms with Crippen molar-refractivity contribution >= 4 is 11.8 Å². The van der Waals surface area contributed by atoms with Crippen LogP contribution in [0.25, 0.3) is 5.69 Å². The summed E-state index contributed by atoms with van der Waals surface area (Å²) >= 11 is 0. The first-order chi connectivity index (χ1) is 8.58. The lowest BCUT2D eigenvalue weighted by molar-refractivity contribution is -0.136. The third-order valence-electron chi connectivity index (χ3n) is 2.59. The molecule has 94 valence electrons. The average Bonchev–Trinajstić information content (AvgIpc) is 2.69. The maximum atomic E-state index is 10.5. The lowest BCUT2D eigenvalue weighted by Crippen LogP contribution is -2.04. The maximum Gasteiger partial charge on any atom is 0.303 e. The van der Waals surface area contributed by atoms with Crippen molar-refractivity contribution < 1.29 is 15.0 Å². The minimum atomic E-state index is -0.869. The first kappa shape index (κ1) is 12.0. The topological polar surface area (TPSA) is 101 Å². The van der Waals surface area contributed by atoms with Gasteiger partial charge >= 0.3 is 5.97 Å². The van der Waals surface area contributed by atoms with Crippen LogP contribution in [-0.2, 0) is 11.2 Å². The number of aromatic hydroxyl groups is 1. The molecule has 0 amide bonds. The highest BCUT2D eigenvalue weighted by Crippen LogP contribution is 2.20. The number of phenols is 1. The standard InChI is InChI=1S/C12H13N3O3/c13-12-8(1-6-11(17)18)7-14-15(12)9-2-4-10(16)5-3-9/h2-5,7,16H,1,6,13H2,(H,17,18). The number of nitrogens with zero attached hydrogens (tertiary/aromatic N) is 2. The minimum absolute atomic E-state index is 0.0193. The van der Waals surface area contributed by atoms with Crippen molar-refractivity contribution in [1.29, 1.82) is 0 Å². The van der Waals surface area contributed by atoms with Crippen molar-refractivity contribution in [1.82, 2.24) is 9.78 Å². The van der Waals surface area contributed by atoms with Gasteiger partial charge in [-0.1, -0.05) is 0 Å². The monoisotopic (exact) mass is 247 g/mol. The van der Waals surface area contributed by atoms with E-state index in [1.807, 2.05) is 0 Å². The van der Waals surface area contributed by atoms with E-state index >= 15 is 0 Å². The molecule has 0 bridgehead atoms. The van der Waals surface area contributed by atoms with Crippen molar-refractivity contribution in [2.24, 2.45) is 0 Å². The Morgan fingerprint density at radius 2 is 2.00 bits per heavy atom. The molecule has 4 N–H and O–H groups in total. The summed E-state index contributed by atoms with van der Waals surface area (Å²) in [6, 6.07) is 6.43. The molecule has 1 heterocycles. The Kier molecular flexibility index (Phi) is 3.18. The lowest BCUT2D eigenvalue weighted by atomic mass is 10.2. The van der Waals surface area contributed by atoms with Crippen LogP contribution in [0.2, 0.25) is 0 Å². The molecule has 0 aliphatic carbocycles. The fraction of sp³-hybridized carbons (Fsp3) is 0.167. The number of carbonyl (C=O) groups is 1. The Labute approximate surface area is 103 Å². The maximum absolute atomic E-state index is 10.5. The molecular weight excluding hydrogens is 234 g/mol. The summed E-state index contributed by atoms with van der Waals surface area (Å²) in [6.45, 7) is 0. The third-order valence-corrected chi connectivity index (χ3v) is 2.59. The number of benzene rings is 1. The summed E-state index contributed by atoms with van der Waals surface area (Å²) in [5, 5.41) is 21.9. The first-order valence-electron chi connectivity index (χ1n) is 5.41. The fourth-order valence-electron chi connectivity index (χ4n) is 1.63. The van der Waals surface area contributed by atoms with Crippen LogP contribution in [0.15, 0.2) is 30.5 Å². The molecule has 18 heavy (non-hydrogen) atoms. The smallest absolute Gasteiger partial charge is 0.303 e. The largest absolute Gasteiger partial charge is 0.508 e. The number of phenolic OH excluding ortho intramolecular Hbond substituents is 1. The SMILES string of the molecule is Nc1c(CCC(=O)O)cnn1-c1ccc(O)cc1. The van der Waals surface area contributed by atoms with E-state index in [2.05, 4.69) is 5.10 Å². The van der Waals surface area contributed by atoms with Crippen LogP contribution in [0, 0.1) is 0 Å². The van der Waals surface area contributed by atoms with E-state index in [1.165, 1.54) is 16.8 Å². The van der Waals surface area contributed by atoms with E-state index < -0.39 is 5.97 Å². The number of carboxylic acid groups (broad SMARTS) is 1. The van der Waals surface area contributed by atoms with Gasteiger partial charge in [0.15, 0.2) is 0 Å². The van der Waals surface area contributed by atoms with Gasteiger partial charge in [0.1, 0.15) is 11.6 Å². The summed E-state index contributed by atoms with van der Waals surface area (Å²) in [6.07, 6.45) is 1.93. The normalized spacial score (nSPS) is 10.4. The highest BCUT2D eigenvalue weighted by atomic mass is 16.4. The molecular formula is C12H13N3O3. The number of hydrogen-bond donors (Lipinski definition) is 3. The first-order valence-corrected chi connectivity index (χ1v) is 5.41. The molecule has 0 aliphatic rings. The number of hydrogen-bond acceptors (Lipinski definition) is 4. The predicted octanol–water partition coefficient (Wildman–Crippen LogP) is 1.18. The van der Waals surface area contributed by atoms with Gasteiger partial charge in [0.05, 0.1) is 11.9 Å². The van der Waals surface area contributed by atoms with E-state index in [0.29, 0.717) is 23.5 Å². The second kappa shape index (κ2) is 4.79. The van der Waals surface area contributed by atoms with E-state index in [1.54, 1.807) is 18.3 Å². The number of nitrogen functional groups attached to an aromatic ring is 1. The highest BCUT2D eigenvalue weighted by Gasteiger charge is 2.10. The highest BCUT2D eigenvalue weighted by molar-refractivity contribution is 5.67. The molecule has 6 heteroatoms. The fourth-order valence-corrected chi connectivity index (χ4v) is 1.63. The Hall–Kier alpha value is -2.50. The molecule has 0 saturated heterocycles. The Balaban J connectivity index is 2.25. The van der Waals surface area contributed by atoms with Crippen molar-refractivity contribution in [3.8, 4) is 11.4 Å². The van der Waals surface area contributed by atoms with Gasteiger partial charge in [-0.15, -0.1) is 0 Å². The van der Waals surface area contributed by atoms with E-state index in [4.69, 9.17) is 10.8 Å². The minimum Gasteiger partial charge on any atom is -0.508 e. The van der Waals surface area contributed by atoms with Crippen LogP contribution in [0.3, 0.4) is 0 Å². The van der Waals surface area contributed by atoms with Gasteiger partial charge in [-0.3, -0.25) is 4.79 Å². The number of aliphatic carboxylic acids is 1. The molecule has 2 rings (SSSR count). The van der Waals surface area contributed by atoms with Gasteiger partial charge in [-0.25, -0.2) is 4.68 Å². The molecule has 6 nitrogen and oxygen atoms in total. The number of nitrogens with two attached hydrogens (primary N) is 1. The van der Waals surface area contributed by atoms with Gasteiger partial charge in [0, 0.05) is 12.0 Å². The van der Waals surface area contributed by atoms with Gasteiger partial charge < -0.3 is 15.9 Å². The van der Waals surface area contributed by atoms with Crippen LogP contribution in [-0.4, -0.2) is 26.0 Å². The van der Waals surface area contributed by atoms with Gasteiger partial charge in [0.25, 0.3) is 0 Å². The Morgan fingerprint density at radius 3 is 2.61 bits per heavy atom. The molecule has 0 aliphatic heterocycles. The predicted molar refractivity (Wildman–Crippen MR) is 65.6 cm³/mol. The van der Waals surface area contributed by atoms with Gasteiger partial charge in [-0.05, 0) is 30.7 Å². The molecule has 0 radical (unpaired) electrons. The van der Waals surface area contributed by atoms with Crippen molar-refractivity contribution in [3.63, 3.8) is 0 Å². The summed E-state index contributed by atoms with van der Waals surface area (Å²) in [5.74, 6) is -0.288. The van der Waals surface area contributed by atoms with Crippen LogP contribution < -0.4 is 5.73 Å². The molecule has 2 aromatic rings. The van der Waals surface area contributed by atoms with Crippen molar-refractivity contribution in [2.75, 3.05) is 5.73 Å². The number of rotatable bonds is 4. The van der Waals surface area contributed by atoms with Crippen LogP contribution in [0.5, 0.6) is 5.75 Å². The van der Waals surface area contributed by atoms with Crippen molar-refractivity contribution in [3.05, 3.63) is 36.0 Å². The molecule has 0 fully saturated rings. The van der Waals surface area contributed by atoms with Crippen molar-refractivity contribution in [2.45, 2.75) is 12.8 Å².